The molecule has 0 spiro atoms. The minimum Gasteiger partial charge on any atom is -0.378 e. The van der Waals surface area contributed by atoms with Crippen LogP contribution in [0.1, 0.15) is 54.2 Å². The lowest BCUT2D eigenvalue weighted by molar-refractivity contribution is -0.133. The molecule has 1 N–H and O–H groups in total. The van der Waals surface area contributed by atoms with Gasteiger partial charge in [-0.15, -0.1) is 0 Å². The summed E-state index contributed by atoms with van der Waals surface area (Å²) < 4.78 is 36.0. The number of hydrogen-bond acceptors (Lipinski definition) is 8. The van der Waals surface area contributed by atoms with E-state index in [-0.39, 0.29) is 36.0 Å². The van der Waals surface area contributed by atoms with Crippen molar-refractivity contribution in [2.45, 2.75) is 38.2 Å². The van der Waals surface area contributed by atoms with E-state index in [1.165, 1.54) is 21.6 Å². The minimum atomic E-state index is -2.90. The van der Waals surface area contributed by atoms with Crippen LogP contribution in [0.4, 0.5) is 20.3 Å². The number of nitrogens with zero attached hydrogens (tertiary/aromatic N) is 7. The molecule has 3 aromatic heterocycles. The number of aromatic nitrogens is 5. The summed E-state index contributed by atoms with van der Waals surface area (Å²) >= 11 is 0. The highest BCUT2D eigenvalue weighted by molar-refractivity contribution is 6.08. The van der Waals surface area contributed by atoms with Gasteiger partial charge in [-0.2, -0.15) is 10.2 Å². The van der Waals surface area contributed by atoms with E-state index < -0.39 is 18.0 Å². The van der Waals surface area contributed by atoms with E-state index in [9.17, 15) is 23.2 Å². The number of fused-ring (bicyclic) bond motifs is 1. The van der Waals surface area contributed by atoms with E-state index >= 15 is 0 Å². The van der Waals surface area contributed by atoms with Crippen LogP contribution < -0.4 is 10.2 Å². The number of nitrogens with one attached hydrogen (secondary N) is 1. The van der Waals surface area contributed by atoms with Gasteiger partial charge in [0.05, 0.1) is 31.1 Å². The molecular formula is C24H28F2N8O4. The number of piperidine rings is 1. The summed E-state index contributed by atoms with van der Waals surface area (Å²) in [7, 11) is 0. The van der Waals surface area contributed by atoms with Crippen LogP contribution in [0.2, 0.25) is 0 Å². The Kier molecular flexibility index (Phi) is 7.58. The number of hydrogen-bond donors (Lipinski definition) is 1. The van der Waals surface area contributed by atoms with Crippen molar-refractivity contribution >= 4 is 35.3 Å². The van der Waals surface area contributed by atoms with Gasteiger partial charge in [0, 0.05) is 51.4 Å². The van der Waals surface area contributed by atoms with Gasteiger partial charge in [0.15, 0.2) is 11.3 Å². The van der Waals surface area contributed by atoms with Crippen LogP contribution in [0.25, 0.3) is 5.65 Å². The number of carbonyl (C=O) groups excluding carboxylic acids is 3. The number of likely N-dealkylation sites (tertiary alicyclic amines) is 1. The fourth-order valence-corrected chi connectivity index (χ4v) is 4.75. The molecule has 2 fully saturated rings. The molecule has 0 aliphatic carbocycles. The van der Waals surface area contributed by atoms with Crippen molar-refractivity contribution < 1.29 is 27.9 Å². The number of anilines is 2. The number of carbonyl (C=O) groups is 3. The van der Waals surface area contributed by atoms with E-state index in [1.54, 1.807) is 17.2 Å². The lowest BCUT2D eigenvalue weighted by atomic mass is 10.0. The van der Waals surface area contributed by atoms with Crippen molar-refractivity contribution in [1.82, 2.24) is 29.3 Å². The molecule has 14 heteroatoms. The van der Waals surface area contributed by atoms with Crippen LogP contribution in [-0.4, -0.2) is 86.8 Å². The summed E-state index contributed by atoms with van der Waals surface area (Å²) in [6, 6.07) is 1.59. The largest absolute Gasteiger partial charge is 0.378 e. The first kappa shape index (κ1) is 25.7. The quantitative estimate of drug-likeness (QED) is 0.439. The van der Waals surface area contributed by atoms with Gasteiger partial charge in [-0.05, 0) is 18.9 Å². The Labute approximate surface area is 216 Å². The molecular weight excluding hydrogens is 502 g/mol. The highest BCUT2D eigenvalue weighted by atomic mass is 19.3. The first-order valence-electron chi connectivity index (χ1n) is 12.5. The average molecular weight is 531 g/mol. The van der Waals surface area contributed by atoms with Crippen LogP contribution >= 0.6 is 0 Å². The summed E-state index contributed by atoms with van der Waals surface area (Å²) in [5.41, 5.74) is -0.154. The van der Waals surface area contributed by atoms with Crippen molar-refractivity contribution in [3.05, 3.63) is 35.9 Å². The molecule has 12 nitrogen and oxygen atoms in total. The zero-order valence-electron chi connectivity index (χ0n) is 20.6. The van der Waals surface area contributed by atoms with Crippen LogP contribution in [0.3, 0.4) is 0 Å². The van der Waals surface area contributed by atoms with Gasteiger partial charge in [-0.25, -0.2) is 18.3 Å². The monoisotopic (exact) mass is 530 g/mol. The summed E-state index contributed by atoms with van der Waals surface area (Å²) in [6.45, 7) is 3.37. The van der Waals surface area contributed by atoms with Gasteiger partial charge in [0.1, 0.15) is 17.7 Å². The zero-order valence-corrected chi connectivity index (χ0v) is 20.6. The minimum absolute atomic E-state index is 0.0850. The lowest BCUT2D eigenvalue weighted by Crippen LogP contribution is -2.39. The molecule has 0 aromatic carbocycles. The zero-order chi connectivity index (χ0) is 26.6. The summed E-state index contributed by atoms with van der Waals surface area (Å²) in [5, 5.41) is 10.8. The third-order valence-electron chi connectivity index (χ3n) is 6.82. The predicted octanol–water partition coefficient (Wildman–Crippen LogP) is 2.09. The van der Waals surface area contributed by atoms with Crippen molar-refractivity contribution in [1.29, 1.82) is 0 Å². The van der Waals surface area contributed by atoms with Crippen LogP contribution in [0.15, 0.2) is 24.7 Å². The number of halogens is 2. The van der Waals surface area contributed by atoms with Gasteiger partial charge in [0.25, 0.3) is 12.3 Å². The summed E-state index contributed by atoms with van der Waals surface area (Å²) in [6.07, 6.45) is 3.65. The second-order valence-corrected chi connectivity index (χ2v) is 9.19. The fourth-order valence-electron chi connectivity index (χ4n) is 4.75. The van der Waals surface area contributed by atoms with E-state index in [4.69, 9.17) is 4.74 Å². The van der Waals surface area contributed by atoms with Crippen molar-refractivity contribution in [2.75, 3.05) is 49.6 Å². The third kappa shape index (κ3) is 5.35. The van der Waals surface area contributed by atoms with Gasteiger partial charge in [0.2, 0.25) is 5.91 Å². The summed E-state index contributed by atoms with van der Waals surface area (Å²) in [4.78, 5) is 44.1. The van der Waals surface area contributed by atoms with Crippen molar-refractivity contribution in [3.8, 4) is 0 Å². The maximum absolute atomic E-state index is 13.8. The maximum Gasteiger partial charge on any atom is 0.284 e. The molecule has 5 heterocycles. The second kappa shape index (κ2) is 11.2. The van der Waals surface area contributed by atoms with Gasteiger partial charge < -0.3 is 24.6 Å². The normalized spacial score (nSPS) is 16.8. The lowest BCUT2D eigenvalue weighted by Gasteiger charge is -2.32. The molecule has 38 heavy (non-hydrogen) atoms. The first-order chi connectivity index (χ1) is 18.4. The Morgan fingerprint density at radius 3 is 2.66 bits per heavy atom. The number of morpholine rings is 1. The van der Waals surface area contributed by atoms with E-state index in [0.29, 0.717) is 70.0 Å². The molecule has 0 unspecified atom stereocenters. The molecule has 202 valence electrons. The maximum atomic E-state index is 13.8. The Morgan fingerprint density at radius 2 is 1.95 bits per heavy atom. The highest BCUT2D eigenvalue weighted by Gasteiger charge is 2.28. The predicted molar refractivity (Wildman–Crippen MR) is 131 cm³/mol. The van der Waals surface area contributed by atoms with Gasteiger partial charge in [-0.1, -0.05) is 0 Å². The molecule has 2 saturated heterocycles. The molecule has 0 atom stereocenters. The highest BCUT2D eigenvalue weighted by Crippen LogP contribution is 2.31. The molecule has 0 bridgehead atoms. The second-order valence-electron chi connectivity index (χ2n) is 9.19. The van der Waals surface area contributed by atoms with Crippen LogP contribution in [0, 0.1) is 0 Å². The Morgan fingerprint density at radius 1 is 1.18 bits per heavy atom. The van der Waals surface area contributed by atoms with E-state index in [1.807, 2.05) is 4.90 Å². The number of rotatable bonds is 8. The smallest absolute Gasteiger partial charge is 0.284 e. The van der Waals surface area contributed by atoms with E-state index in [0.717, 1.165) is 0 Å². The van der Waals surface area contributed by atoms with Crippen molar-refractivity contribution in [2.24, 2.45) is 0 Å². The topological polar surface area (TPSA) is 127 Å². The van der Waals surface area contributed by atoms with E-state index in [2.05, 4.69) is 20.5 Å². The number of ether oxygens (including phenoxy) is 1. The van der Waals surface area contributed by atoms with Gasteiger partial charge >= 0.3 is 0 Å². The fraction of sp³-hybridized carbons (Fsp3) is 0.500. The Hall–Kier alpha value is -3.94. The molecule has 2 aliphatic heterocycles. The Bertz CT molecular complexity index is 1310. The average Bonchev–Trinajstić information content (AvgIpc) is 3.56. The van der Waals surface area contributed by atoms with Crippen LogP contribution in [-0.2, 0) is 14.3 Å². The molecule has 0 radical (unpaired) electrons. The van der Waals surface area contributed by atoms with Gasteiger partial charge in [-0.3, -0.25) is 14.3 Å². The molecule has 2 amide bonds. The standard InChI is InChI=1S/C24H28F2N8O4/c25-22(26)21-18(15-34(30-21)16-3-6-32(7-4-16)20(36)2-1-11-35)28-24(37)17-14-27-33-8-5-19(29-23(17)33)31-9-12-38-13-10-31/h5,8,11,14-16,22H,1-4,6-7,9-10,12-13H2,(H,28,37). The number of amides is 2. The Balaban J connectivity index is 1.31. The molecule has 0 saturated carbocycles. The molecule has 3 aromatic rings. The summed E-state index contributed by atoms with van der Waals surface area (Å²) in [5.74, 6) is -0.0490. The molecule has 5 rings (SSSR count). The third-order valence-corrected chi connectivity index (χ3v) is 6.82. The molecule has 2 aliphatic rings. The first-order valence-corrected chi connectivity index (χ1v) is 12.5. The SMILES string of the molecule is O=CCCC(=O)N1CCC(n2cc(NC(=O)c3cnn4ccc(N5CCOCC5)nc34)c(C(F)F)n2)CC1. The van der Waals surface area contributed by atoms with Crippen molar-refractivity contribution in [3.63, 3.8) is 0 Å². The number of alkyl halides is 2. The number of aldehydes is 1. The van der Waals surface area contributed by atoms with Crippen LogP contribution in [0.5, 0.6) is 0 Å².